The molecule has 19 heavy (non-hydrogen) atoms. The first kappa shape index (κ1) is 13.7. The summed E-state index contributed by atoms with van der Waals surface area (Å²) in [6, 6.07) is 11.3. The summed E-state index contributed by atoms with van der Waals surface area (Å²) >= 11 is 7.47. The second-order valence-electron chi connectivity index (χ2n) is 3.74. The average molecular weight is 294 g/mol. The van der Waals surface area contributed by atoms with Gasteiger partial charge in [0.1, 0.15) is 5.69 Å². The maximum atomic E-state index is 8.73. The van der Waals surface area contributed by atoms with E-state index in [1.165, 1.54) is 0 Å². The molecule has 1 heterocycles. The summed E-state index contributed by atoms with van der Waals surface area (Å²) in [4.78, 5) is 5.22. The van der Waals surface area contributed by atoms with Crippen molar-refractivity contribution in [2.75, 3.05) is 0 Å². The quantitative estimate of drug-likeness (QED) is 0.299. The van der Waals surface area contributed by atoms with Gasteiger partial charge in [0.2, 0.25) is 0 Å². The summed E-state index contributed by atoms with van der Waals surface area (Å²) in [7, 11) is 0. The van der Waals surface area contributed by atoms with Crippen LogP contribution in [0.4, 0.5) is 0 Å². The fraction of sp³-hybridized carbons (Fsp3) is 0.0769. The van der Waals surface area contributed by atoms with Crippen molar-refractivity contribution in [3.05, 3.63) is 58.9 Å². The predicted octanol–water partition coefficient (Wildman–Crippen LogP) is 3.12. The van der Waals surface area contributed by atoms with E-state index in [2.05, 4.69) is 10.1 Å². The minimum Gasteiger partial charge on any atom is -0.409 e. The van der Waals surface area contributed by atoms with Gasteiger partial charge in [0, 0.05) is 21.9 Å². The lowest BCUT2D eigenvalue weighted by Crippen LogP contribution is -2.17. The molecule has 0 amide bonds. The molecule has 0 fully saturated rings. The molecule has 0 spiro atoms. The van der Waals surface area contributed by atoms with Crippen LogP contribution in [-0.4, -0.2) is 16.0 Å². The SMILES string of the molecule is NC(=NO)c1ncccc1CSc1ccc(Cl)cc1. The molecular formula is C13H12ClN3OS. The molecule has 0 unspecified atom stereocenters. The van der Waals surface area contributed by atoms with Gasteiger partial charge < -0.3 is 10.9 Å². The van der Waals surface area contributed by atoms with E-state index in [1.807, 2.05) is 36.4 Å². The van der Waals surface area contributed by atoms with E-state index in [0.717, 1.165) is 10.5 Å². The highest BCUT2D eigenvalue weighted by atomic mass is 35.5. The van der Waals surface area contributed by atoms with Crippen LogP contribution < -0.4 is 5.73 Å². The largest absolute Gasteiger partial charge is 0.409 e. The van der Waals surface area contributed by atoms with Gasteiger partial charge in [-0.25, -0.2) is 0 Å². The van der Waals surface area contributed by atoms with Crippen LogP contribution in [0, 0.1) is 0 Å². The van der Waals surface area contributed by atoms with E-state index in [-0.39, 0.29) is 5.84 Å². The van der Waals surface area contributed by atoms with Gasteiger partial charge in [-0.1, -0.05) is 22.8 Å². The zero-order chi connectivity index (χ0) is 13.7. The Morgan fingerprint density at radius 2 is 2.05 bits per heavy atom. The van der Waals surface area contributed by atoms with Gasteiger partial charge in [-0.15, -0.1) is 11.8 Å². The molecule has 1 aromatic carbocycles. The molecule has 0 aliphatic carbocycles. The van der Waals surface area contributed by atoms with Gasteiger partial charge in [-0.3, -0.25) is 4.98 Å². The molecular weight excluding hydrogens is 282 g/mol. The lowest BCUT2D eigenvalue weighted by molar-refractivity contribution is 0.318. The summed E-state index contributed by atoms with van der Waals surface area (Å²) in [6.45, 7) is 0. The molecule has 2 rings (SSSR count). The molecule has 2 aromatic rings. The van der Waals surface area contributed by atoms with Crippen LogP contribution in [0.2, 0.25) is 5.02 Å². The van der Waals surface area contributed by atoms with Crippen LogP contribution in [0.5, 0.6) is 0 Å². The van der Waals surface area contributed by atoms with Gasteiger partial charge in [-0.2, -0.15) is 0 Å². The van der Waals surface area contributed by atoms with E-state index < -0.39 is 0 Å². The molecule has 0 aliphatic heterocycles. The number of nitrogens with two attached hydrogens (primary N) is 1. The summed E-state index contributed by atoms with van der Waals surface area (Å²) in [5.41, 5.74) is 7.02. The van der Waals surface area contributed by atoms with E-state index in [4.69, 9.17) is 22.5 Å². The molecule has 98 valence electrons. The number of oxime groups is 1. The summed E-state index contributed by atoms with van der Waals surface area (Å²) < 4.78 is 0. The third kappa shape index (κ3) is 3.62. The van der Waals surface area contributed by atoms with Crippen molar-refractivity contribution >= 4 is 29.2 Å². The topological polar surface area (TPSA) is 71.5 Å². The van der Waals surface area contributed by atoms with Crippen molar-refractivity contribution in [3.63, 3.8) is 0 Å². The Balaban J connectivity index is 2.13. The second kappa shape index (κ2) is 6.45. The highest BCUT2D eigenvalue weighted by Gasteiger charge is 2.08. The molecule has 1 aromatic heterocycles. The van der Waals surface area contributed by atoms with Gasteiger partial charge in [0.25, 0.3) is 0 Å². The Labute approximate surface area is 120 Å². The standard InChI is InChI=1S/C13H12ClN3OS/c14-10-3-5-11(6-4-10)19-8-9-2-1-7-16-12(9)13(15)17-18/h1-7,18H,8H2,(H2,15,17). The first-order valence-corrected chi connectivity index (χ1v) is 6.87. The van der Waals surface area contributed by atoms with E-state index >= 15 is 0 Å². The first-order valence-electron chi connectivity index (χ1n) is 5.51. The second-order valence-corrected chi connectivity index (χ2v) is 5.22. The number of amidine groups is 1. The minimum absolute atomic E-state index is 0.0207. The molecule has 0 atom stereocenters. The van der Waals surface area contributed by atoms with Gasteiger partial charge in [0.05, 0.1) is 0 Å². The van der Waals surface area contributed by atoms with Crippen molar-refractivity contribution in [1.82, 2.24) is 4.98 Å². The molecule has 4 nitrogen and oxygen atoms in total. The molecule has 0 saturated carbocycles. The third-order valence-electron chi connectivity index (χ3n) is 2.45. The van der Waals surface area contributed by atoms with E-state index in [1.54, 1.807) is 18.0 Å². The Hall–Kier alpha value is -1.72. The van der Waals surface area contributed by atoms with E-state index in [9.17, 15) is 0 Å². The van der Waals surface area contributed by atoms with Gasteiger partial charge in [0.15, 0.2) is 5.84 Å². The smallest absolute Gasteiger partial charge is 0.189 e. The number of aromatic nitrogens is 1. The number of rotatable bonds is 4. The monoisotopic (exact) mass is 293 g/mol. The van der Waals surface area contributed by atoms with Crippen molar-refractivity contribution in [1.29, 1.82) is 0 Å². The number of hydrogen-bond donors (Lipinski definition) is 2. The van der Waals surface area contributed by atoms with Crippen molar-refractivity contribution in [3.8, 4) is 0 Å². The normalized spacial score (nSPS) is 11.5. The van der Waals surface area contributed by atoms with Crippen molar-refractivity contribution in [2.24, 2.45) is 10.9 Å². The molecule has 0 bridgehead atoms. The number of halogens is 1. The predicted molar refractivity (Wildman–Crippen MR) is 77.8 cm³/mol. The highest BCUT2D eigenvalue weighted by Crippen LogP contribution is 2.25. The Bertz CT molecular complexity index is 587. The zero-order valence-corrected chi connectivity index (χ0v) is 11.5. The maximum Gasteiger partial charge on any atom is 0.189 e. The first-order chi connectivity index (χ1) is 9.20. The third-order valence-corrected chi connectivity index (χ3v) is 3.76. The van der Waals surface area contributed by atoms with Crippen LogP contribution in [0.25, 0.3) is 0 Å². The number of thioether (sulfide) groups is 1. The molecule has 0 saturated heterocycles. The molecule has 0 aliphatic rings. The number of pyridine rings is 1. The number of benzene rings is 1. The van der Waals surface area contributed by atoms with Crippen LogP contribution in [0.15, 0.2) is 52.6 Å². The van der Waals surface area contributed by atoms with Crippen LogP contribution in [-0.2, 0) is 5.75 Å². The van der Waals surface area contributed by atoms with Crippen LogP contribution >= 0.6 is 23.4 Å². The van der Waals surface area contributed by atoms with Crippen molar-refractivity contribution in [2.45, 2.75) is 10.6 Å². The average Bonchev–Trinajstić information content (AvgIpc) is 2.46. The Kier molecular flexibility index (Phi) is 4.65. The highest BCUT2D eigenvalue weighted by molar-refractivity contribution is 7.98. The fourth-order valence-electron chi connectivity index (χ4n) is 1.52. The van der Waals surface area contributed by atoms with Gasteiger partial charge >= 0.3 is 0 Å². The molecule has 3 N–H and O–H groups in total. The Morgan fingerprint density at radius 1 is 1.32 bits per heavy atom. The lowest BCUT2D eigenvalue weighted by atomic mass is 10.2. The van der Waals surface area contributed by atoms with Crippen LogP contribution in [0.3, 0.4) is 0 Å². The molecule has 0 radical (unpaired) electrons. The molecule has 6 heteroatoms. The maximum absolute atomic E-state index is 8.73. The summed E-state index contributed by atoms with van der Waals surface area (Å²) in [6.07, 6.45) is 1.61. The lowest BCUT2D eigenvalue weighted by Gasteiger charge is -2.06. The summed E-state index contributed by atoms with van der Waals surface area (Å²) in [5, 5.41) is 12.4. The van der Waals surface area contributed by atoms with Crippen molar-refractivity contribution < 1.29 is 5.21 Å². The Morgan fingerprint density at radius 3 is 2.74 bits per heavy atom. The number of hydrogen-bond acceptors (Lipinski definition) is 4. The van der Waals surface area contributed by atoms with E-state index in [0.29, 0.717) is 16.5 Å². The summed E-state index contributed by atoms with van der Waals surface area (Å²) in [5.74, 6) is 0.702. The zero-order valence-electron chi connectivity index (χ0n) is 9.95. The minimum atomic E-state index is 0.0207. The number of nitrogens with zero attached hydrogens (tertiary/aromatic N) is 2. The fourth-order valence-corrected chi connectivity index (χ4v) is 2.53. The van der Waals surface area contributed by atoms with Crippen LogP contribution in [0.1, 0.15) is 11.3 Å². The van der Waals surface area contributed by atoms with Gasteiger partial charge in [-0.05, 0) is 35.9 Å².